The summed E-state index contributed by atoms with van der Waals surface area (Å²) < 4.78 is 76.2. The Bertz CT molecular complexity index is 696. The van der Waals surface area contributed by atoms with E-state index in [1.54, 1.807) is 0 Å². The van der Waals surface area contributed by atoms with E-state index in [1.165, 1.54) is 12.1 Å². The van der Waals surface area contributed by atoms with Crippen LogP contribution in [0.25, 0.3) is 0 Å². The highest BCUT2D eigenvalue weighted by atomic mass is 32.2. The molecule has 1 saturated heterocycles. The Hall–Kier alpha value is -1.12. The van der Waals surface area contributed by atoms with Crippen LogP contribution in [0, 0.1) is 0 Å². The maximum absolute atomic E-state index is 13.2. The summed E-state index contributed by atoms with van der Waals surface area (Å²) in [5.74, 6) is 0. The predicted molar refractivity (Wildman–Crippen MR) is 85.0 cm³/mol. The number of halogens is 3. The van der Waals surface area contributed by atoms with E-state index in [1.807, 2.05) is 0 Å². The second-order valence-corrected chi connectivity index (χ2v) is 8.74. The summed E-state index contributed by atoms with van der Waals surface area (Å²) >= 11 is 0. The van der Waals surface area contributed by atoms with Crippen LogP contribution < -0.4 is 0 Å². The van der Waals surface area contributed by atoms with Gasteiger partial charge in [0.25, 0.3) is 0 Å². The van der Waals surface area contributed by atoms with Crippen LogP contribution in [0.1, 0.15) is 37.7 Å². The number of sulfone groups is 1. The molecule has 0 N–H and O–H groups in total. The standard InChI is InChI=1S/C17H21F3O4S/c18-17(19,20)15-3-1-2-4-16(15)25(21,22)14-6-5-13(11-14)24-12-7-9-23-10-8-12/h1-4,12-14H,5-11H2/t13-,14-/m1/s1. The largest absolute Gasteiger partial charge is 0.417 e. The van der Waals surface area contributed by atoms with E-state index in [-0.39, 0.29) is 18.6 Å². The zero-order chi connectivity index (χ0) is 18.1. The summed E-state index contributed by atoms with van der Waals surface area (Å²) in [6.45, 7) is 1.25. The van der Waals surface area contributed by atoms with E-state index >= 15 is 0 Å². The number of alkyl halides is 3. The Balaban J connectivity index is 1.74. The highest BCUT2D eigenvalue weighted by molar-refractivity contribution is 7.92. The molecule has 1 saturated carbocycles. The lowest BCUT2D eigenvalue weighted by molar-refractivity contribution is -0.139. The van der Waals surface area contributed by atoms with Crippen LogP contribution in [0.3, 0.4) is 0 Å². The lowest BCUT2D eigenvalue weighted by Crippen LogP contribution is -2.28. The molecule has 2 fully saturated rings. The van der Waals surface area contributed by atoms with E-state index < -0.39 is 31.7 Å². The molecule has 0 aromatic heterocycles. The number of hydrogen-bond acceptors (Lipinski definition) is 4. The zero-order valence-corrected chi connectivity index (χ0v) is 14.5. The van der Waals surface area contributed by atoms with Crippen LogP contribution in [0.4, 0.5) is 13.2 Å². The van der Waals surface area contributed by atoms with Crippen molar-refractivity contribution < 1.29 is 31.1 Å². The van der Waals surface area contributed by atoms with Gasteiger partial charge in [0.1, 0.15) is 0 Å². The number of rotatable bonds is 4. The van der Waals surface area contributed by atoms with Crippen LogP contribution in [0.5, 0.6) is 0 Å². The molecule has 4 nitrogen and oxygen atoms in total. The minimum absolute atomic E-state index is 0.0441. The molecule has 1 heterocycles. The predicted octanol–water partition coefficient (Wildman–Crippen LogP) is 3.60. The third-order valence-corrected chi connectivity index (χ3v) is 7.10. The Morgan fingerprint density at radius 3 is 2.36 bits per heavy atom. The van der Waals surface area contributed by atoms with Gasteiger partial charge in [0, 0.05) is 13.2 Å². The van der Waals surface area contributed by atoms with Crippen molar-refractivity contribution in [3.05, 3.63) is 29.8 Å². The molecule has 1 aliphatic carbocycles. The molecule has 1 aliphatic heterocycles. The minimum atomic E-state index is -4.69. The fraction of sp³-hybridized carbons (Fsp3) is 0.647. The van der Waals surface area contributed by atoms with Crippen LogP contribution >= 0.6 is 0 Å². The first-order chi connectivity index (χ1) is 11.8. The molecule has 2 aliphatic rings. The van der Waals surface area contributed by atoms with Crippen molar-refractivity contribution in [1.82, 2.24) is 0 Å². The molecule has 1 aromatic carbocycles. The van der Waals surface area contributed by atoms with Crippen molar-refractivity contribution in [1.29, 1.82) is 0 Å². The molecule has 0 amide bonds. The number of hydrogen-bond donors (Lipinski definition) is 0. The Morgan fingerprint density at radius 1 is 1.00 bits per heavy atom. The van der Waals surface area contributed by atoms with Gasteiger partial charge in [-0.15, -0.1) is 0 Å². The second kappa shape index (κ2) is 7.25. The summed E-state index contributed by atoms with van der Waals surface area (Å²) in [6, 6.07) is 4.39. The minimum Gasteiger partial charge on any atom is -0.381 e. The van der Waals surface area contributed by atoms with Gasteiger partial charge in [0.05, 0.1) is 27.9 Å². The molecule has 3 rings (SSSR count). The fourth-order valence-electron chi connectivity index (χ4n) is 3.52. The fourth-order valence-corrected chi connectivity index (χ4v) is 5.55. The maximum Gasteiger partial charge on any atom is 0.417 e. The molecular formula is C17H21F3O4S. The van der Waals surface area contributed by atoms with Gasteiger partial charge in [-0.05, 0) is 44.2 Å². The smallest absolute Gasteiger partial charge is 0.381 e. The molecule has 0 unspecified atom stereocenters. The number of benzene rings is 1. The van der Waals surface area contributed by atoms with Crippen LogP contribution in [0.15, 0.2) is 29.2 Å². The van der Waals surface area contributed by atoms with Crippen molar-refractivity contribution in [2.24, 2.45) is 0 Å². The van der Waals surface area contributed by atoms with Crippen molar-refractivity contribution in [3.8, 4) is 0 Å². The zero-order valence-electron chi connectivity index (χ0n) is 13.7. The SMILES string of the molecule is O=S(=O)(c1ccccc1C(F)(F)F)[C@@H]1CC[C@@H](OC2CCOCC2)C1. The van der Waals surface area contributed by atoms with E-state index in [0.29, 0.717) is 26.1 Å². The van der Waals surface area contributed by atoms with Crippen LogP contribution in [-0.4, -0.2) is 39.1 Å². The summed E-state index contributed by atoms with van der Waals surface area (Å²) in [5.41, 5.74) is -1.09. The van der Waals surface area contributed by atoms with E-state index in [0.717, 1.165) is 25.0 Å². The van der Waals surface area contributed by atoms with Gasteiger partial charge < -0.3 is 9.47 Å². The van der Waals surface area contributed by atoms with Crippen molar-refractivity contribution in [2.75, 3.05) is 13.2 Å². The first kappa shape index (κ1) is 18.7. The molecular weight excluding hydrogens is 357 g/mol. The van der Waals surface area contributed by atoms with Crippen LogP contribution in [-0.2, 0) is 25.5 Å². The Morgan fingerprint density at radius 2 is 1.68 bits per heavy atom. The first-order valence-electron chi connectivity index (χ1n) is 8.42. The highest BCUT2D eigenvalue weighted by Crippen LogP contribution is 2.39. The average molecular weight is 378 g/mol. The van der Waals surface area contributed by atoms with E-state index in [9.17, 15) is 21.6 Å². The molecule has 0 radical (unpaired) electrons. The average Bonchev–Trinajstić information content (AvgIpc) is 3.04. The molecule has 140 valence electrons. The summed E-state index contributed by atoms with van der Waals surface area (Å²) in [4.78, 5) is -0.626. The lowest BCUT2D eigenvalue weighted by Gasteiger charge is -2.25. The summed E-state index contributed by atoms with van der Waals surface area (Å²) in [7, 11) is -4.05. The summed E-state index contributed by atoms with van der Waals surface area (Å²) in [6.07, 6.45) is -2.22. The number of ether oxygens (including phenoxy) is 2. The Kier molecular flexibility index (Phi) is 5.41. The molecule has 0 bridgehead atoms. The van der Waals surface area contributed by atoms with Gasteiger partial charge in [-0.1, -0.05) is 12.1 Å². The molecule has 8 heteroatoms. The van der Waals surface area contributed by atoms with Gasteiger partial charge in [0.2, 0.25) is 0 Å². The summed E-state index contributed by atoms with van der Waals surface area (Å²) in [5, 5.41) is -0.833. The van der Waals surface area contributed by atoms with Gasteiger partial charge in [-0.2, -0.15) is 13.2 Å². The van der Waals surface area contributed by atoms with Gasteiger partial charge >= 0.3 is 6.18 Å². The van der Waals surface area contributed by atoms with Crippen molar-refractivity contribution >= 4 is 9.84 Å². The molecule has 0 spiro atoms. The lowest BCUT2D eigenvalue weighted by atomic mass is 10.1. The maximum atomic E-state index is 13.2. The third kappa shape index (κ3) is 4.17. The topological polar surface area (TPSA) is 52.6 Å². The normalized spacial score (nSPS) is 26.0. The third-order valence-electron chi connectivity index (χ3n) is 4.83. The van der Waals surface area contributed by atoms with Crippen molar-refractivity contribution in [3.63, 3.8) is 0 Å². The van der Waals surface area contributed by atoms with Crippen molar-refractivity contribution in [2.45, 2.75) is 60.6 Å². The van der Waals surface area contributed by atoms with Gasteiger partial charge in [0.15, 0.2) is 9.84 Å². The van der Waals surface area contributed by atoms with Gasteiger partial charge in [-0.25, -0.2) is 8.42 Å². The van der Waals surface area contributed by atoms with E-state index in [4.69, 9.17) is 9.47 Å². The van der Waals surface area contributed by atoms with E-state index in [2.05, 4.69) is 0 Å². The quantitative estimate of drug-likeness (QED) is 0.803. The molecule has 25 heavy (non-hydrogen) atoms. The second-order valence-electron chi connectivity index (χ2n) is 6.54. The monoisotopic (exact) mass is 378 g/mol. The highest BCUT2D eigenvalue weighted by Gasteiger charge is 2.42. The molecule has 1 aromatic rings. The first-order valence-corrected chi connectivity index (χ1v) is 9.96. The van der Waals surface area contributed by atoms with Crippen LogP contribution in [0.2, 0.25) is 0 Å². The molecule has 2 atom stereocenters. The van der Waals surface area contributed by atoms with Gasteiger partial charge in [-0.3, -0.25) is 0 Å². The Labute approximate surface area is 145 Å².